The van der Waals surface area contributed by atoms with Gasteiger partial charge in [0.1, 0.15) is 5.75 Å². The third kappa shape index (κ3) is 3.44. The zero-order valence-corrected chi connectivity index (χ0v) is 15.1. The van der Waals surface area contributed by atoms with E-state index in [0.717, 1.165) is 36.2 Å². The highest BCUT2D eigenvalue weighted by molar-refractivity contribution is 6.32. The molecule has 2 aromatic carbocycles. The van der Waals surface area contributed by atoms with Gasteiger partial charge in [0, 0.05) is 11.3 Å². The molecule has 0 spiro atoms. The van der Waals surface area contributed by atoms with Gasteiger partial charge >= 0.3 is 0 Å². The van der Waals surface area contributed by atoms with Gasteiger partial charge in [0.15, 0.2) is 5.69 Å². The first-order chi connectivity index (χ1) is 13.1. The highest BCUT2D eigenvalue weighted by atomic mass is 35.5. The topological polar surface area (TPSA) is 79.5 Å². The van der Waals surface area contributed by atoms with E-state index in [1.54, 1.807) is 12.1 Å². The van der Waals surface area contributed by atoms with Gasteiger partial charge in [-0.15, -0.1) is 0 Å². The number of phenols is 1. The number of aromatic nitrogens is 2. The number of hydrogen-bond donors (Lipinski definition) is 2. The van der Waals surface area contributed by atoms with Crippen LogP contribution in [0, 0.1) is 0 Å². The Balaban J connectivity index is 1.56. The van der Waals surface area contributed by atoms with E-state index in [9.17, 15) is 9.90 Å². The number of fused-ring (bicyclic) bond motifs is 1. The van der Waals surface area contributed by atoms with Crippen LogP contribution in [0.2, 0.25) is 5.02 Å². The second kappa shape index (κ2) is 7.25. The van der Waals surface area contributed by atoms with Crippen LogP contribution in [0.4, 0.5) is 0 Å². The summed E-state index contributed by atoms with van der Waals surface area (Å²) in [5.41, 5.74) is 6.61. The zero-order valence-electron chi connectivity index (χ0n) is 14.4. The van der Waals surface area contributed by atoms with Crippen molar-refractivity contribution in [1.29, 1.82) is 0 Å². The van der Waals surface area contributed by atoms with Crippen LogP contribution in [0.5, 0.6) is 5.75 Å². The molecule has 1 aliphatic carbocycles. The molecule has 0 bridgehead atoms. The first-order valence-electron chi connectivity index (χ1n) is 8.61. The minimum Gasteiger partial charge on any atom is -0.506 e. The highest BCUT2D eigenvalue weighted by Gasteiger charge is 2.26. The van der Waals surface area contributed by atoms with Gasteiger partial charge in [-0.2, -0.15) is 10.2 Å². The molecular weight excluding hydrogens is 364 g/mol. The molecule has 0 saturated heterocycles. The second-order valence-corrected chi connectivity index (χ2v) is 6.69. The number of carbonyl (C=O) groups excluding carboxylic acids is 1. The minimum atomic E-state index is -0.344. The van der Waals surface area contributed by atoms with Crippen molar-refractivity contribution >= 4 is 23.7 Å². The molecule has 1 aromatic heterocycles. The number of amides is 1. The highest BCUT2D eigenvalue weighted by Crippen LogP contribution is 2.27. The van der Waals surface area contributed by atoms with Gasteiger partial charge in [0.25, 0.3) is 5.91 Å². The summed E-state index contributed by atoms with van der Waals surface area (Å²) in [4.78, 5) is 12.6. The lowest BCUT2D eigenvalue weighted by atomic mass is 10.2. The van der Waals surface area contributed by atoms with Gasteiger partial charge in [-0.1, -0.05) is 29.8 Å². The number of rotatable bonds is 4. The molecule has 0 aliphatic heterocycles. The van der Waals surface area contributed by atoms with Crippen molar-refractivity contribution in [1.82, 2.24) is 15.2 Å². The number of halogens is 1. The van der Waals surface area contributed by atoms with Crippen molar-refractivity contribution < 1.29 is 9.90 Å². The molecule has 0 radical (unpaired) electrons. The summed E-state index contributed by atoms with van der Waals surface area (Å²) in [7, 11) is 0. The number of nitrogens with zero attached hydrogens (tertiary/aromatic N) is 3. The molecule has 0 unspecified atom stereocenters. The fourth-order valence-electron chi connectivity index (χ4n) is 3.22. The number of nitrogens with one attached hydrogen (secondary N) is 1. The molecule has 1 amide bonds. The third-order valence-corrected chi connectivity index (χ3v) is 4.80. The van der Waals surface area contributed by atoms with E-state index < -0.39 is 0 Å². The van der Waals surface area contributed by atoms with Crippen molar-refractivity contribution in [3.05, 3.63) is 76.1 Å². The van der Waals surface area contributed by atoms with Crippen molar-refractivity contribution in [2.45, 2.75) is 19.3 Å². The Morgan fingerprint density at radius 2 is 2.04 bits per heavy atom. The summed E-state index contributed by atoms with van der Waals surface area (Å²) >= 11 is 5.86. The second-order valence-electron chi connectivity index (χ2n) is 6.28. The smallest absolute Gasteiger partial charge is 0.292 e. The minimum absolute atomic E-state index is 0.000123. The fourth-order valence-corrected chi connectivity index (χ4v) is 3.41. The maximum absolute atomic E-state index is 12.6. The Morgan fingerprint density at radius 3 is 2.81 bits per heavy atom. The summed E-state index contributed by atoms with van der Waals surface area (Å²) in [5.74, 6) is -0.344. The van der Waals surface area contributed by atoms with Gasteiger partial charge in [0.2, 0.25) is 0 Å². The van der Waals surface area contributed by atoms with Crippen LogP contribution in [0.15, 0.2) is 53.6 Å². The number of carbonyl (C=O) groups is 1. The van der Waals surface area contributed by atoms with Crippen LogP contribution in [0.1, 0.15) is 33.7 Å². The zero-order chi connectivity index (χ0) is 18.8. The first-order valence-corrected chi connectivity index (χ1v) is 8.99. The van der Waals surface area contributed by atoms with Crippen LogP contribution in [-0.4, -0.2) is 27.0 Å². The lowest BCUT2D eigenvalue weighted by molar-refractivity contribution is 0.0949. The van der Waals surface area contributed by atoms with E-state index in [1.165, 1.54) is 12.3 Å². The number of hydrazone groups is 1. The predicted octanol–water partition coefficient (Wildman–Crippen LogP) is 3.48. The van der Waals surface area contributed by atoms with E-state index in [1.807, 2.05) is 35.0 Å². The molecule has 0 fully saturated rings. The first kappa shape index (κ1) is 17.3. The average Bonchev–Trinajstić information content (AvgIpc) is 3.28. The normalized spacial score (nSPS) is 13.1. The maximum atomic E-state index is 12.6. The Kier molecular flexibility index (Phi) is 4.64. The third-order valence-electron chi connectivity index (χ3n) is 4.50. The molecular formula is C20H17ClN4O2. The van der Waals surface area contributed by atoms with Crippen LogP contribution < -0.4 is 5.43 Å². The van der Waals surface area contributed by atoms with E-state index in [-0.39, 0.29) is 16.7 Å². The number of phenolic OH excluding ortho intramolecular Hbond substituents is 1. The van der Waals surface area contributed by atoms with Crippen molar-refractivity contribution in [3.63, 3.8) is 0 Å². The Labute approximate surface area is 161 Å². The molecule has 136 valence electrons. The number of hydrogen-bond acceptors (Lipinski definition) is 4. The molecule has 1 aliphatic rings. The molecule has 0 saturated carbocycles. The van der Waals surface area contributed by atoms with E-state index in [0.29, 0.717) is 11.3 Å². The van der Waals surface area contributed by atoms with Gasteiger partial charge in [-0.3, -0.25) is 4.79 Å². The molecule has 6 nitrogen and oxygen atoms in total. The number of aromatic hydroxyl groups is 1. The lowest BCUT2D eigenvalue weighted by Gasteiger charge is -2.04. The van der Waals surface area contributed by atoms with Crippen molar-refractivity contribution in [3.8, 4) is 11.4 Å². The van der Waals surface area contributed by atoms with Crippen LogP contribution in [0.3, 0.4) is 0 Å². The van der Waals surface area contributed by atoms with E-state index in [2.05, 4.69) is 15.6 Å². The monoisotopic (exact) mass is 380 g/mol. The molecule has 2 N–H and O–H groups in total. The van der Waals surface area contributed by atoms with Crippen LogP contribution in [0.25, 0.3) is 5.69 Å². The Morgan fingerprint density at radius 1 is 1.22 bits per heavy atom. The average molecular weight is 381 g/mol. The summed E-state index contributed by atoms with van der Waals surface area (Å²) < 4.78 is 1.85. The summed E-state index contributed by atoms with van der Waals surface area (Å²) in [6.07, 6.45) is 4.22. The van der Waals surface area contributed by atoms with Gasteiger partial charge in [-0.05, 0) is 55.2 Å². The summed E-state index contributed by atoms with van der Waals surface area (Å²) in [6, 6.07) is 14.5. The predicted molar refractivity (Wildman–Crippen MR) is 104 cm³/mol. The molecule has 7 heteroatoms. The molecule has 0 atom stereocenters. The van der Waals surface area contributed by atoms with Crippen molar-refractivity contribution in [2.24, 2.45) is 5.10 Å². The van der Waals surface area contributed by atoms with Crippen molar-refractivity contribution in [2.75, 3.05) is 0 Å². The van der Waals surface area contributed by atoms with E-state index in [4.69, 9.17) is 11.6 Å². The molecule has 1 heterocycles. The van der Waals surface area contributed by atoms with Crippen LogP contribution in [-0.2, 0) is 12.8 Å². The van der Waals surface area contributed by atoms with E-state index >= 15 is 0 Å². The van der Waals surface area contributed by atoms with Gasteiger partial charge in [-0.25, -0.2) is 10.1 Å². The number of benzene rings is 2. The molecule has 4 rings (SSSR count). The lowest BCUT2D eigenvalue weighted by Crippen LogP contribution is -2.20. The summed E-state index contributed by atoms with van der Waals surface area (Å²) in [6.45, 7) is 0. The van der Waals surface area contributed by atoms with Gasteiger partial charge < -0.3 is 5.11 Å². The summed E-state index contributed by atoms with van der Waals surface area (Å²) in [5, 5.41) is 18.2. The Bertz CT molecular complexity index is 1030. The largest absolute Gasteiger partial charge is 0.506 e. The fraction of sp³-hybridized carbons (Fsp3) is 0.150. The molecule has 27 heavy (non-hydrogen) atoms. The number of para-hydroxylation sites is 1. The quantitative estimate of drug-likeness (QED) is 0.537. The Hall–Kier alpha value is -3.12. The van der Waals surface area contributed by atoms with Gasteiger partial charge in [0.05, 0.1) is 16.9 Å². The standard InChI is InChI=1S/C20H17ClN4O2/c21-16-11-13(9-10-18(16)26)12-22-23-20(27)19-15-7-4-8-17(15)25(24-19)14-5-2-1-3-6-14/h1-3,5-6,9-12,26H,4,7-8H2,(H,23,27)/b22-12+. The van der Waals surface area contributed by atoms with Crippen LogP contribution >= 0.6 is 11.6 Å². The molecule has 3 aromatic rings. The SMILES string of the molecule is O=C(N/N=C/c1ccc(O)c(Cl)c1)c1nn(-c2ccccc2)c2c1CCC2. The maximum Gasteiger partial charge on any atom is 0.292 e.